The first-order valence-corrected chi connectivity index (χ1v) is 5.70. The van der Waals surface area contributed by atoms with Crippen LogP contribution in [0.5, 0.6) is 0 Å². The minimum Gasteiger partial charge on any atom is -0.331 e. The highest BCUT2D eigenvalue weighted by atomic mass is 16.2. The van der Waals surface area contributed by atoms with E-state index in [1.807, 2.05) is 19.0 Å². The molecule has 0 radical (unpaired) electrons. The van der Waals surface area contributed by atoms with Crippen LogP contribution in [0.25, 0.3) is 0 Å². The molecule has 0 spiro atoms. The molecular formula is C11H23N3O. The number of urea groups is 1. The molecule has 15 heavy (non-hydrogen) atoms. The lowest BCUT2D eigenvalue weighted by Crippen LogP contribution is -2.55. The lowest BCUT2D eigenvalue weighted by Gasteiger charge is -2.35. The maximum Gasteiger partial charge on any atom is 0.319 e. The Balaban J connectivity index is 2.45. The minimum atomic E-state index is 0.130. The summed E-state index contributed by atoms with van der Waals surface area (Å²) in [6.07, 6.45) is 1.14. The number of piperazine rings is 1. The molecule has 1 unspecified atom stereocenters. The van der Waals surface area contributed by atoms with E-state index in [-0.39, 0.29) is 6.03 Å². The number of amides is 2. The SMILES string of the molecule is CC(C)CC1CN(C(=O)N(C)C)CCN1. The van der Waals surface area contributed by atoms with Crippen molar-refractivity contribution < 1.29 is 4.79 Å². The molecule has 1 fully saturated rings. The van der Waals surface area contributed by atoms with E-state index >= 15 is 0 Å². The van der Waals surface area contributed by atoms with E-state index in [0.29, 0.717) is 12.0 Å². The van der Waals surface area contributed by atoms with Crippen molar-refractivity contribution in [3.8, 4) is 0 Å². The number of hydrogen-bond donors (Lipinski definition) is 1. The van der Waals surface area contributed by atoms with Gasteiger partial charge in [0.1, 0.15) is 0 Å². The van der Waals surface area contributed by atoms with Crippen LogP contribution in [0.2, 0.25) is 0 Å². The van der Waals surface area contributed by atoms with Crippen molar-refractivity contribution in [3.63, 3.8) is 0 Å². The highest BCUT2D eigenvalue weighted by Crippen LogP contribution is 2.10. The molecule has 1 heterocycles. The van der Waals surface area contributed by atoms with E-state index in [1.165, 1.54) is 0 Å². The molecule has 0 aromatic carbocycles. The van der Waals surface area contributed by atoms with Gasteiger partial charge in [-0.1, -0.05) is 13.8 Å². The molecule has 0 saturated carbocycles. The standard InChI is InChI=1S/C11H23N3O/c1-9(2)7-10-8-14(6-5-12-10)11(15)13(3)4/h9-10,12H,5-8H2,1-4H3. The second-order valence-electron chi connectivity index (χ2n) is 4.90. The first-order valence-electron chi connectivity index (χ1n) is 5.70. The van der Waals surface area contributed by atoms with Crippen molar-refractivity contribution in [2.24, 2.45) is 5.92 Å². The van der Waals surface area contributed by atoms with Gasteiger partial charge in [0, 0.05) is 39.8 Å². The minimum absolute atomic E-state index is 0.130. The molecule has 0 bridgehead atoms. The third-order valence-corrected chi connectivity index (χ3v) is 2.66. The molecule has 88 valence electrons. The van der Waals surface area contributed by atoms with Crippen LogP contribution in [0.1, 0.15) is 20.3 Å². The summed E-state index contributed by atoms with van der Waals surface area (Å²) in [5.74, 6) is 0.678. The number of hydrogen-bond acceptors (Lipinski definition) is 2. The summed E-state index contributed by atoms with van der Waals surface area (Å²) >= 11 is 0. The summed E-state index contributed by atoms with van der Waals surface area (Å²) in [6, 6.07) is 0.591. The summed E-state index contributed by atoms with van der Waals surface area (Å²) in [4.78, 5) is 15.3. The average Bonchev–Trinajstić information content (AvgIpc) is 2.16. The third-order valence-electron chi connectivity index (χ3n) is 2.66. The maximum atomic E-state index is 11.8. The van der Waals surface area contributed by atoms with Gasteiger partial charge in [0.15, 0.2) is 0 Å². The number of carbonyl (C=O) groups excluding carboxylic acids is 1. The quantitative estimate of drug-likeness (QED) is 0.742. The Morgan fingerprint density at radius 2 is 2.20 bits per heavy atom. The monoisotopic (exact) mass is 213 g/mol. The topological polar surface area (TPSA) is 35.6 Å². The van der Waals surface area contributed by atoms with Crippen LogP contribution in [-0.2, 0) is 0 Å². The normalized spacial score (nSPS) is 21.9. The average molecular weight is 213 g/mol. The summed E-state index contributed by atoms with van der Waals surface area (Å²) in [6.45, 7) is 7.01. The molecule has 4 nitrogen and oxygen atoms in total. The van der Waals surface area contributed by atoms with Crippen LogP contribution in [0, 0.1) is 5.92 Å². The molecule has 0 aromatic rings. The Labute approximate surface area is 92.6 Å². The second kappa shape index (κ2) is 5.35. The molecule has 1 rings (SSSR count). The molecule has 1 aliphatic heterocycles. The fourth-order valence-electron chi connectivity index (χ4n) is 2.01. The van der Waals surface area contributed by atoms with Gasteiger partial charge >= 0.3 is 6.03 Å². The van der Waals surface area contributed by atoms with Gasteiger partial charge in [-0.3, -0.25) is 0 Å². The summed E-state index contributed by atoms with van der Waals surface area (Å²) in [7, 11) is 3.61. The van der Waals surface area contributed by atoms with Crippen molar-refractivity contribution >= 4 is 6.03 Å². The van der Waals surface area contributed by atoms with Gasteiger partial charge in [0.25, 0.3) is 0 Å². The van der Waals surface area contributed by atoms with Gasteiger partial charge in [-0.2, -0.15) is 0 Å². The Hall–Kier alpha value is -0.770. The first-order chi connectivity index (χ1) is 7.00. The molecule has 1 aliphatic rings. The zero-order chi connectivity index (χ0) is 11.4. The zero-order valence-corrected chi connectivity index (χ0v) is 10.3. The van der Waals surface area contributed by atoms with E-state index in [4.69, 9.17) is 0 Å². The molecule has 1 atom stereocenters. The van der Waals surface area contributed by atoms with E-state index in [0.717, 1.165) is 26.1 Å². The Bertz CT molecular complexity index is 216. The van der Waals surface area contributed by atoms with Crippen LogP contribution >= 0.6 is 0 Å². The van der Waals surface area contributed by atoms with Crippen molar-refractivity contribution in [3.05, 3.63) is 0 Å². The van der Waals surface area contributed by atoms with Crippen molar-refractivity contribution in [2.75, 3.05) is 33.7 Å². The van der Waals surface area contributed by atoms with Crippen LogP contribution < -0.4 is 5.32 Å². The summed E-state index contributed by atoms with van der Waals surface area (Å²) in [5, 5.41) is 3.46. The van der Waals surface area contributed by atoms with Crippen LogP contribution in [0.4, 0.5) is 4.79 Å². The van der Waals surface area contributed by atoms with Gasteiger partial charge in [0.2, 0.25) is 0 Å². The highest BCUT2D eigenvalue weighted by molar-refractivity contribution is 5.74. The number of nitrogens with zero attached hydrogens (tertiary/aromatic N) is 2. The smallest absolute Gasteiger partial charge is 0.319 e. The highest BCUT2D eigenvalue weighted by Gasteiger charge is 2.24. The molecule has 2 amide bonds. The zero-order valence-electron chi connectivity index (χ0n) is 10.3. The largest absolute Gasteiger partial charge is 0.331 e. The lowest BCUT2D eigenvalue weighted by molar-refractivity contribution is 0.148. The second-order valence-corrected chi connectivity index (χ2v) is 4.90. The fourth-order valence-corrected chi connectivity index (χ4v) is 2.01. The first kappa shape index (κ1) is 12.3. The predicted molar refractivity (Wildman–Crippen MR) is 61.9 cm³/mol. The molecule has 4 heteroatoms. The van der Waals surface area contributed by atoms with Gasteiger partial charge in [-0.15, -0.1) is 0 Å². The molecule has 1 saturated heterocycles. The summed E-state index contributed by atoms with van der Waals surface area (Å²) < 4.78 is 0. The predicted octanol–water partition coefficient (Wildman–Crippen LogP) is 0.988. The van der Waals surface area contributed by atoms with Gasteiger partial charge in [-0.05, 0) is 12.3 Å². The van der Waals surface area contributed by atoms with E-state index in [2.05, 4.69) is 19.2 Å². The van der Waals surface area contributed by atoms with E-state index in [1.54, 1.807) is 4.90 Å². The van der Waals surface area contributed by atoms with Crippen LogP contribution in [0.3, 0.4) is 0 Å². The third kappa shape index (κ3) is 3.70. The van der Waals surface area contributed by atoms with E-state index < -0.39 is 0 Å². The van der Waals surface area contributed by atoms with Gasteiger partial charge in [0.05, 0.1) is 0 Å². The molecule has 0 aromatic heterocycles. The molecular weight excluding hydrogens is 190 g/mol. The van der Waals surface area contributed by atoms with Crippen molar-refractivity contribution in [2.45, 2.75) is 26.3 Å². The fraction of sp³-hybridized carbons (Fsp3) is 0.909. The van der Waals surface area contributed by atoms with E-state index in [9.17, 15) is 4.79 Å². The Kier molecular flexibility index (Phi) is 4.39. The Morgan fingerprint density at radius 1 is 1.53 bits per heavy atom. The van der Waals surface area contributed by atoms with Crippen molar-refractivity contribution in [1.29, 1.82) is 0 Å². The number of carbonyl (C=O) groups is 1. The lowest BCUT2D eigenvalue weighted by atomic mass is 10.0. The van der Waals surface area contributed by atoms with Gasteiger partial charge < -0.3 is 15.1 Å². The summed E-state index contributed by atoms with van der Waals surface area (Å²) in [5.41, 5.74) is 0. The number of nitrogens with one attached hydrogen (secondary N) is 1. The van der Waals surface area contributed by atoms with Crippen molar-refractivity contribution in [1.82, 2.24) is 15.1 Å². The van der Waals surface area contributed by atoms with Crippen LogP contribution in [-0.4, -0.2) is 55.6 Å². The maximum absolute atomic E-state index is 11.8. The number of rotatable bonds is 2. The Morgan fingerprint density at radius 3 is 2.73 bits per heavy atom. The molecule has 1 N–H and O–H groups in total. The molecule has 0 aliphatic carbocycles. The van der Waals surface area contributed by atoms with Crippen LogP contribution in [0.15, 0.2) is 0 Å². The van der Waals surface area contributed by atoms with Gasteiger partial charge in [-0.25, -0.2) is 4.79 Å².